The first-order valence-electron chi connectivity index (χ1n) is 7.26. The molecule has 4 nitrogen and oxygen atoms in total. The van der Waals surface area contributed by atoms with E-state index in [1.807, 2.05) is 17.9 Å². The molecule has 1 aliphatic rings. The van der Waals surface area contributed by atoms with E-state index in [4.69, 9.17) is 5.73 Å². The van der Waals surface area contributed by atoms with E-state index in [9.17, 15) is 0 Å². The summed E-state index contributed by atoms with van der Waals surface area (Å²) in [5.74, 6) is 0. The second-order valence-corrected chi connectivity index (χ2v) is 5.59. The molecule has 1 atom stereocenters. The minimum absolute atomic E-state index is 0.261. The molecule has 1 saturated carbocycles. The van der Waals surface area contributed by atoms with Gasteiger partial charge in [-0.2, -0.15) is 5.10 Å². The standard InChI is InChI=1S/C16H22N4/c1-19-12-14(10-18-19)16(9-17)20(15-7-8-15)11-13-5-3-2-4-6-13/h2-6,10,12,15-16H,7-9,11,17H2,1H3. The minimum Gasteiger partial charge on any atom is -0.329 e. The van der Waals surface area contributed by atoms with Crippen LogP contribution in [0.2, 0.25) is 0 Å². The van der Waals surface area contributed by atoms with Crippen LogP contribution in [0.1, 0.15) is 30.0 Å². The lowest BCUT2D eigenvalue weighted by Crippen LogP contribution is -2.35. The normalized spacial score (nSPS) is 16.6. The summed E-state index contributed by atoms with van der Waals surface area (Å²) in [4.78, 5) is 2.53. The zero-order valence-electron chi connectivity index (χ0n) is 11.9. The Morgan fingerprint density at radius 3 is 2.65 bits per heavy atom. The Morgan fingerprint density at radius 1 is 1.35 bits per heavy atom. The van der Waals surface area contributed by atoms with Crippen LogP contribution in [-0.4, -0.2) is 27.3 Å². The molecular formula is C16H22N4. The molecule has 0 spiro atoms. The van der Waals surface area contributed by atoms with E-state index in [-0.39, 0.29) is 6.04 Å². The maximum absolute atomic E-state index is 6.06. The van der Waals surface area contributed by atoms with Gasteiger partial charge in [0.05, 0.1) is 12.2 Å². The van der Waals surface area contributed by atoms with Gasteiger partial charge in [0.1, 0.15) is 0 Å². The highest BCUT2D eigenvalue weighted by molar-refractivity contribution is 5.18. The van der Waals surface area contributed by atoms with Gasteiger partial charge in [-0.1, -0.05) is 30.3 Å². The average Bonchev–Trinajstić information content (AvgIpc) is 3.23. The lowest BCUT2D eigenvalue weighted by atomic mass is 10.1. The van der Waals surface area contributed by atoms with Crippen LogP contribution < -0.4 is 5.73 Å². The van der Waals surface area contributed by atoms with Crippen molar-refractivity contribution in [1.82, 2.24) is 14.7 Å². The van der Waals surface area contributed by atoms with Crippen LogP contribution in [0.3, 0.4) is 0 Å². The molecule has 0 amide bonds. The molecule has 1 aromatic carbocycles. The van der Waals surface area contributed by atoms with Gasteiger partial charge < -0.3 is 5.73 Å². The minimum atomic E-state index is 0.261. The molecule has 1 heterocycles. The topological polar surface area (TPSA) is 47.1 Å². The van der Waals surface area contributed by atoms with Crippen molar-refractivity contribution in [3.8, 4) is 0 Å². The summed E-state index contributed by atoms with van der Waals surface area (Å²) in [7, 11) is 1.95. The van der Waals surface area contributed by atoms with Crippen LogP contribution in [0, 0.1) is 0 Å². The van der Waals surface area contributed by atoms with Crippen LogP contribution in [0.25, 0.3) is 0 Å². The summed E-state index contributed by atoms with van der Waals surface area (Å²) < 4.78 is 1.85. The summed E-state index contributed by atoms with van der Waals surface area (Å²) in [6.45, 7) is 1.59. The molecule has 2 N–H and O–H groups in total. The molecule has 0 radical (unpaired) electrons. The highest BCUT2D eigenvalue weighted by Gasteiger charge is 2.34. The number of nitrogens with zero attached hydrogens (tertiary/aromatic N) is 3. The van der Waals surface area contributed by atoms with E-state index in [0.717, 1.165) is 6.54 Å². The maximum Gasteiger partial charge on any atom is 0.0538 e. The van der Waals surface area contributed by atoms with Crippen molar-refractivity contribution in [3.63, 3.8) is 0 Å². The van der Waals surface area contributed by atoms with E-state index in [0.29, 0.717) is 12.6 Å². The van der Waals surface area contributed by atoms with Crippen LogP contribution in [0.5, 0.6) is 0 Å². The van der Waals surface area contributed by atoms with Crippen LogP contribution >= 0.6 is 0 Å². The molecule has 0 saturated heterocycles. The third-order valence-electron chi connectivity index (χ3n) is 3.96. The predicted molar refractivity (Wildman–Crippen MR) is 80.0 cm³/mol. The molecule has 2 aromatic rings. The number of hydrogen-bond acceptors (Lipinski definition) is 3. The van der Waals surface area contributed by atoms with Gasteiger partial charge >= 0.3 is 0 Å². The third kappa shape index (κ3) is 2.92. The van der Waals surface area contributed by atoms with Gasteiger partial charge in [0.25, 0.3) is 0 Å². The molecule has 3 rings (SSSR count). The van der Waals surface area contributed by atoms with Gasteiger partial charge in [0.15, 0.2) is 0 Å². The van der Waals surface area contributed by atoms with Gasteiger partial charge in [-0.25, -0.2) is 0 Å². The van der Waals surface area contributed by atoms with Crippen molar-refractivity contribution in [3.05, 3.63) is 53.9 Å². The maximum atomic E-state index is 6.06. The van der Waals surface area contributed by atoms with Crippen molar-refractivity contribution in [2.24, 2.45) is 12.8 Å². The number of rotatable bonds is 6. The fraction of sp³-hybridized carbons (Fsp3) is 0.438. The van der Waals surface area contributed by atoms with E-state index in [1.165, 1.54) is 24.0 Å². The molecular weight excluding hydrogens is 248 g/mol. The number of aryl methyl sites for hydroxylation is 1. The molecule has 0 aliphatic heterocycles. The molecule has 1 aliphatic carbocycles. The first-order valence-corrected chi connectivity index (χ1v) is 7.26. The molecule has 1 fully saturated rings. The Labute approximate surface area is 120 Å². The lowest BCUT2D eigenvalue weighted by Gasteiger charge is -2.30. The quantitative estimate of drug-likeness (QED) is 0.874. The Bertz CT molecular complexity index is 545. The van der Waals surface area contributed by atoms with Gasteiger partial charge in [-0.15, -0.1) is 0 Å². The monoisotopic (exact) mass is 270 g/mol. The van der Waals surface area contributed by atoms with Crippen LogP contribution in [-0.2, 0) is 13.6 Å². The van der Waals surface area contributed by atoms with E-state index >= 15 is 0 Å². The molecule has 0 bridgehead atoms. The van der Waals surface area contributed by atoms with Gasteiger partial charge in [-0.05, 0) is 18.4 Å². The summed E-state index contributed by atoms with van der Waals surface area (Å²) in [5.41, 5.74) is 8.62. The Balaban J connectivity index is 1.81. The zero-order valence-corrected chi connectivity index (χ0v) is 11.9. The van der Waals surface area contributed by atoms with Gasteiger partial charge in [0, 0.05) is 37.9 Å². The third-order valence-corrected chi connectivity index (χ3v) is 3.96. The SMILES string of the molecule is Cn1cc(C(CN)N(Cc2ccccc2)C2CC2)cn1. The number of hydrogen-bond donors (Lipinski definition) is 1. The Morgan fingerprint density at radius 2 is 2.10 bits per heavy atom. The summed E-state index contributed by atoms with van der Waals surface area (Å²) in [5, 5.41) is 4.29. The number of aromatic nitrogens is 2. The fourth-order valence-corrected chi connectivity index (χ4v) is 2.77. The largest absolute Gasteiger partial charge is 0.329 e. The second kappa shape index (κ2) is 5.77. The molecule has 20 heavy (non-hydrogen) atoms. The first kappa shape index (κ1) is 13.3. The summed E-state index contributed by atoms with van der Waals surface area (Å²) in [6.07, 6.45) is 6.59. The molecule has 4 heteroatoms. The zero-order chi connectivity index (χ0) is 13.9. The van der Waals surface area contributed by atoms with Crippen molar-refractivity contribution >= 4 is 0 Å². The summed E-state index contributed by atoms with van der Waals surface area (Å²) in [6, 6.07) is 11.6. The van der Waals surface area contributed by atoms with E-state index in [2.05, 4.69) is 46.5 Å². The number of benzene rings is 1. The van der Waals surface area contributed by atoms with Gasteiger partial charge in [0.2, 0.25) is 0 Å². The Kier molecular flexibility index (Phi) is 3.85. The van der Waals surface area contributed by atoms with Crippen molar-refractivity contribution in [1.29, 1.82) is 0 Å². The van der Waals surface area contributed by atoms with Crippen molar-refractivity contribution < 1.29 is 0 Å². The van der Waals surface area contributed by atoms with Crippen LogP contribution in [0.15, 0.2) is 42.7 Å². The highest BCUT2D eigenvalue weighted by atomic mass is 15.3. The fourth-order valence-electron chi connectivity index (χ4n) is 2.77. The highest BCUT2D eigenvalue weighted by Crippen LogP contribution is 2.35. The smallest absolute Gasteiger partial charge is 0.0538 e. The average molecular weight is 270 g/mol. The molecule has 106 valence electrons. The number of nitrogens with two attached hydrogens (primary N) is 1. The predicted octanol–water partition coefficient (Wildman–Crippen LogP) is 2.08. The molecule has 1 unspecified atom stereocenters. The van der Waals surface area contributed by atoms with Crippen LogP contribution in [0.4, 0.5) is 0 Å². The second-order valence-electron chi connectivity index (χ2n) is 5.59. The molecule has 1 aromatic heterocycles. The van der Waals surface area contributed by atoms with E-state index in [1.54, 1.807) is 0 Å². The lowest BCUT2D eigenvalue weighted by molar-refractivity contribution is 0.182. The van der Waals surface area contributed by atoms with Crippen molar-refractivity contribution in [2.75, 3.05) is 6.54 Å². The van der Waals surface area contributed by atoms with Crippen molar-refractivity contribution in [2.45, 2.75) is 31.5 Å². The van der Waals surface area contributed by atoms with E-state index < -0.39 is 0 Å². The Hall–Kier alpha value is -1.65. The summed E-state index contributed by atoms with van der Waals surface area (Å²) >= 11 is 0. The first-order chi connectivity index (χ1) is 9.78. The van der Waals surface area contributed by atoms with Gasteiger partial charge in [-0.3, -0.25) is 9.58 Å².